The molecule has 2 fully saturated rings. The number of amides is 2. The Morgan fingerprint density at radius 1 is 1.13 bits per heavy atom. The Kier molecular flexibility index (Phi) is 4.81. The van der Waals surface area contributed by atoms with Crippen LogP contribution in [-0.2, 0) is 9.53 Å². The minimum Gasteiger partial charge on any atom is -0.399 e. The summed E-state index contributed by atoms with van der Waals surface area (Å²) in [6.45, 7) is 3.69. The van der Waals surface area contributed by atoms with Crippen LogP contribution in [0.1, 0.15) is 23.2 Å². The Morgan fingerprint density at radius 3 is 2.65 bits per heavy atom. The number of anilines is 1. The Bertz CT molecular complexity index is 584. The van der Waals surface area contributed by atoms with Crippen LogP contribution in [0.5, 0.6) is 0 Å². The molecule has 124 valence electrons. The molecular weight excluding hydrogens is 294 g/mol. The van der Waals surface area contributed by atoms with Gasteiger partial charge in [-0.25, -0.2) is 0 Å². The molecule has 6 nitrogen and oxygen atoms in total. The molecule has 2 amide bonds. The number of hydrogen-bond acceptors (Lipinski definition) is 4. The predicted octanol–water partition coefficient (Wildman–Crippen LogP) is 0.980. The van der Waals surface area contributed by atoms with E-state index in [4.69, 9.17) is 10.5 Å². The number of morpholine rings is 1. The van der Waals surface area contributed by atoms with Crippen LogP contribution in [0.15, 0.2) is 24.3 Å². The van der Waals surface area contributed by atoms with Gasteiger partial charge in [0.1, 0.15) is 0 Å². The van der Waals surface area contributed by atoms with E-state index in [1.807, 2.05) is 4.90 Å². The highest BCUT2D eigenvalue weighted by atomic mass is 16.5. The first kappa shape index (κ1) is 15.8. The molecule has 3 rings (SSSR count). The Hall–Kier alpha value is -2.08. The maximum atomic E-state index is 12.6. The van der Waals surface area contributed by atoms with E-state index in [1.165, 1.54) is 0 Å². The van der Waals surface area contributed by atoms with Gasteiger partial charge in [-0.1, -0.05) is 6.07 Å². The summed E-state index contributed by atoms with van der Waals surface area (Å²) >= 11 is 0. The number of nitrogens with zero attached hydrogens (tertiary/aromatic N) is 2. The van der Waals surface area contributed by atoms with E-state index in [0.717, 1.165) is 12.8 Å². The van der Waals surface area contributed by atoms with E-state index in [9.17, 15) is 9.59 Å². The Balaban J connectivity index is 1.65. The lowest BCUT2D eigenvalue weighted by Gasteiger charge is -2.36. The quantitative estimate of drug-likeness (QED) is 0.825. The fourth-order valence-electron chi connectivity index (χ4n) is 3.26. The molecule has 2 heterocycles. The monoisotopic (exact) mass is 317 g/mol. The Morgan fingerprint density at radius 2 is 1.91 bits per heavy atom. The zero-order chi connectivity index (χ0) is 16.2. The number of carbonyl (C=O) groups is 2. The van der Waals surface area contributed by atoms with Gasteiger partial charge in [-0.15, -0.1) is 0 Å². The molecule has 1 aromatic rings. The second kappa shape index (κ2) is 7.00. The van der Waals surface area contributed by atoms with Gasteiger partial charge in [0.2, 0.25) is 5.91 Å². The summed E-state index contributed by atoms with van der Waals surface area (Å²) in [5, 5.41) is 0. The average Bonchev–Trinajstić information content (AvgIpc) is 2.61. The van der Waals surface area contributed by atoms with Crippen molar-refractivity contribution in [2.24, 2.45) is 5.92 Å². The molecule has 0 saturated carbocycles. The fraction of sp³-hybridized carbons (Fsp3) is 0.529. The van der Waals surface area contributed by atoms with E-state index in [0.29, 0.717) is 50.6 Å². The molecule has 2 aliphatic heterocycles. The van der Waals surface area contributed by atoms with Crippen molar-refractivity contribution < 1.29 is 14.3 Å². The number of piperidine rings is 1. The zero-order valence-corrected chi connectivity index (χ0v) is 13.2. The van der Waals surface area contributed by atoms with Crippen LogP contribution in [0.2, 0.25) is 0 Å². The molecule has 2 saturated heterocycles. The SMILES string of the molecule is Nc1cccc(C(=O)N2CCCC(C(=O)N3CCOCC3)C2)c1. The summed E-state index contributed by atoms with van der Waals surface area (Å²) in [6.07, 6.45) is 1.70. The molecule has 0 radical (unpaired) electrons. The number of ether oxygens (including phenoxy) is 1. The first-order valence-corrected chi connectivity index (χ1v) is 8.16. The minimum absolute atomic E-state index is 0.0447. The van der Waals surface area contributed by atoms with Crippen molar-refractivity contribution in [3.8, 4) is 0 Å². The van der Waals surface area contributed by atoms with E-state index in [2.05, 4.69) is 0 Å². The van der Waals surface area contributed by atoms with Gasteiger partial charge in [-0.2, -0.15) is 0 Å². The van der Waals surface area contributed by atoms with Crippen molar-refractivity contribution in [3.63, 3.8) is 0 Å². The van der Waals surface area contributed by atoms with E-state index in [1.54, 1.807) is 29.2 Å². The molecule has 2 N–H and O–H groups in total. The van der Waals surface area contributed by atoms with Gasteiger partial charge >= 0.3 is 0 Å². The molecule has 0 bridgehead atoms. The van der Waals surface area contributed by atoms with Crippen LogP contribution in [0.3, 0.4) is 0 Å². The van der Waals surface area contributed by atoms with Gasteiger partial charge in [0.15, 0.2) is 0 Å². The summed E-state index contributed by atoms with van der Waals surface area (Å²) in [5.41, 5.74) is 6.92. The number of hydrogen-bond donors (Lipinski definition) is 1. The van der Waals surface area contributed by atoms with Gasteiger partial charge in [-0.3, -0.25) is 9.59 Å². The third-order valence-corrected chi connectivity index (χ3v) is 4.51. The highest BCUT2D eigenvalue weighted by Crippen LogP contribution is 2.21. The van der Waals surface area contributed by atoms with Crippen molar-refractivity contribution in [2.75, 3.05) is 45.1 Å². The standard InChI is InChI=1S/C17H23N3O3/c18-15-5-1-3-13(11-15)16(21)20-6-2-4-14(12-20)17(22)19-7-9-23-10-8-19/h1,3,5,11,14H,2,4,6-10,12,18H2. The maximum absolute atomic E-state index is 12.6. The minimum atomic E-state index is -0.105. The van der Waals surface area contributed by atoms with Gasteiger partial charge in [0.05, 0.1) is 19.1 Å². The molecule has 0 spiro atoms. The fourth-order valence-corrected chi connectivity index (χ4v) is 3.26. The highest BCUT2D eigenvalue weighted by Gasteiger charge is 2.32. The van der Waals surface area contributed by atoms with Crippen molar-refractivity contribution in [3.05, 3.63) is 29.8 Å². The third-order valence-electron chi connectivity index (χ3n) is 4.51. The lowest BCUT2D eigenvalue weighted by molar-refractivity contribution is -0.141. The molecule has 0 aromatic heterocycles. The highest BCUT2D eigenvalue weighted by molar-refractivity contribution is 5.95. The number of nitrogen functional groups attached to an aromatic ring is 1. The normalized spacial score (nSPS) is 22.0. The van der Waals surface area contributed by atoms with Crippen LogP contribution in [-0.4, -0.2) is 61.0 Å². The molecule has 6 heteroatoms. The largest absolute Gasteiger partial charge is 0.399 e. The topological polar surface area (TPSA) is 75.9 Å². The smallest absolute Gasteiger partial charge is 0.253 e. The van der Waals surface area contributed by atoms with Crippen LogP contribution in [0.4, 0.5) is 5.69 Å². The number of carbonyl (C=O) groups excluding carboxylic acids is 2. The van der Waals surface area contributed by atoms with Crippen LogP contribution in [0.25, 0.3) is 0 Å². The van der Waals surface area contributed by atoms with Crippen molar-refractivity contribution in [1.29, 1.82) is 0 Å². The molecule has 1 unspecified atom stereocenters. The number of nitrogens with two attached hydrogens (primary N) is 1. The molecule has 2 aliphatic rings. The summed E-state index contributed by atoms with van der Waals surface area (Å²) in [4.78, 5) is 28.9. The van der Waals surface area contributed by atoms with Gasteiger partial charge in [-0.05, 0) is 31.0 Å². The molecule has 1 atom stereocenters. The van der Waals surface area contributed by atoms with E-state index < -0.39 is 0 Å². The van der Waals surface area contributed by atoms with Crippen LogP contribution >= 0.6 is 0 Å². The number of likely N-dealkylation sites (tertiary alicyclic amines) is 1. The molecule has 0 aliphatic carbocycles. The lowest BCUT2D eigenvalue weighted by atomic mass is 9.95. The predicted molar refractivity (Wildman–Crippen MR) is 86.9 cm³/mol. The van der Waals surface area contributed by atoms with Crippen LogP contribution < -0.4 is 5.73 Å². The summed E-state index contributed by atoms with van der Waals surface area (Å²) in [6, 6.07) is 7.00. The second-order valence-electron chi connectivity index (χ2n) is 6.15. The van der Waals surface area contributed by atoms with Gasteiger partial charge in [0.25, 0.3) is 5.91 Å². The van der Waals surface area contributed by atoms with Crippen molar-refractivity contribution >= 4 is 17.5 Å². The lowest BCUT2D eigenvalue weighted by Crippen LogP contribution is -2.49. The summed E-state index contributed by atoms with van der Waals surface area (Å²) in [7, 11) is 0. The van der Waals surface area contributed by atoms with Crippen molar-refractivity contribution in [1.82, 2.24) is 9.80 Å². The number of rotatable bonds is 2. The van der Waals surface area contributed by atoms with Crippen LogP contribution in [0, 0.1) is 5.92 Å². The summed E-state index contributed by atoms with van der Waals surface area (Å²) in [5.74, 6) is 0.00186. The van der Waals surface area contributed by atoms with E-state index in [-0.39, 0.29) is 17.7 Å². The second-order valence-corrected chi connectivity index (χ2v) is 6.15. The first-order valence-electron chi connectivity index (χ1n) is 8.16. The molecule has 23 heavy (non-hydrogen) atoms. The Labute approximate surface area is 136 Å². The van der Waals surface area contributed by atoms with Gasteiger partial charge in [0, 0.05) is 37.4 Å². The number of benzene rings is 1. The molecule has 1 aromatic carbocycles. The van der Waals surface area contributed by atoms with Crippen molar-refractivity contribution in [2.45, 2.75) is 12.8 Å². The first-order chi connectivity index (χ1) is 11.1. The van der Waals surface area contributed by atoms with E-state index >= 15 is 0 Å². The maximum Gasteiger partial charge on any atom is 0.253 e. The summed E-state index contributed by atoms with van der Waals surface area (Å²) < 4.78 is 5.30. The zero-order valence-electron chi connectivity index (χ0n) is 13.2. The molecular formula is C17H23N3O3. The van der Waals surface area contributed by atoms with Gasteiger partial charge < -0.3 is 20.3 Å². The third kappa shape index (κ3) is 3.64. The average molecular weight is 317 g/mol.